The van der Waals surface area contributed by atoms with Gasteiger partial charge in [0, 0.05) is 127 Å². The summed E-state index contributed by atoms with van der Waals surface area (Å²) in [4.78, 5) is 0. The maximum atomic E-state index is 8.33. The molecular formula is CsORbW. The predicted octanol–water partition coefficient (Wildman–Crippen LogP) is -0.883. The minimum atomic E-state index is 0. The molecule has 0 saturated carbocycles. The van der Waals surface area contributed by atoms with Crippen molar-refractivity contribution in [1.29, 1.82) is 0 Å². The molecule has 0 fully saturated rings. The van der Waals surface area contributed by atoms with Gasteiger partial charge < -0.3 is 0 Å². The van der Waals surface area contributed by atoms with Crippen molar-refractivity contribution in [3.8, 4) is 0 Å². The molecule has 0 aliphatic heterocycles. The monoisotopic (exact) mass is 418 g/mol. The van der Waals surface area contributed by atoms with Gasteiger partial charge >= 0.3 is 23.2 Å². The normalized spacial score (nSPS) is 1.00. The fourth-order valence-electron chi connectivity index (χ4n) is 0. The van der Waals surface area contributed by atoms with Gasteiger partial charge in [-0.2, -0.15) is 0 Å². The van der Waals surface area contributed by atoms with Crippen molar-refractivity contribution in [1.82, 2.24) is 0 Å². The van der Waals surface area contributed by atoms with Crippen LogP contribution in [-0.2, 0) is 23.2 Å². The van der Waals surface area contributed by atoms with Gasteiger partial charge in [0.1, 0.15) is 0 Å². The molecule has 0 unspecified atom stereocenters. The molecule has 0 aromatic carbocycles. The summed E-state index contributed by atoms with van der Waals surface area (Å²) in [7, 11) is 0. The summed E-state index contributed by atoms with van der Waals surface area (Å²) >= 11 is 0.333. The predicted molar refractivity (Wildman–Crippen MR) is 12.2 cm³/mol. The third-order valence-electron chi connectivity index (χ3n) is 0. The Bertz CT molecular complexity index is 8.00. The second kappa shape index (κ2) is 15.7. The third kappa shape index (κ3) is 9.60. The summed E-state index contributed by atoms with van der Waals surface area (Å²) in [6, 6.07) is 0. The van der Waals surface area contributed by atoms with Gasteiger partial charge in [-0.25, -0.2) is 0 Å². The van der Waals surface area contributed by atoms with Crippen LogP contribution in [0.3, 0.4) is 0 Å². The van der Waals surface area contributed by atoms with Crippen molar-refractivity contribution in [2.24, 2.45) is 0 Å². The van der Waals surface area contributed by atoms with E-state index in [0.29, 0.717) is 19.8 Å². The van der Waals surface area contributed by atoms with Crippen LogP contribution in [0.4, 0.5) is 0 Å². The summed E-state index contributed by atoms with van der Waals surface area (Å²) in [5, 5.41) is 0. The molecule has 0 aliphatic carbocycles. The quantitative estimate of drug-likeness (QED) is 0.500. The van der Waals surface area contributed by atoms with Crippen molar-refractivity contribution in [2.75, 3.05) is 0 Å². The first-order valence-corrected chi connectivity index (χ1v) is 1.36. The first-order chi connectivity index (χ1) is 1.00. The Hall–Kier alpha value is 4.35. The average Bonchev–Trinajstić information content (AvgIpc) is 1.00. The smallest absolute Gasteiger partial charge is 0 e. The zero-order chi connectivity index (χ0) is 2.00. The SMILES string of the molecule is [Cs].[O]=[W].[Rb]. The minimum Gasteiger partial charge on any atom is 0 e. The maximum absolute atomic E-state index is 8.33. The van der Waals surface area contributed by atoms with E-state index in [9.17, 15) is 0 Å². The third-order valence-corrected chi connectivity index (χ3v) is 0. The van der Waals surface area contributed by atoms with Gasteiger partial charge in [0.25, 0.3) is 0 Å². The second-order valence-electron chi connectivity index (χ2n) is 0. The molecule has 0 amide bonds. The van der Waals surface area contributed by atoms with Crippen molar-refractivity contribution < 1.29 is 23.2 Å². The summed E-state index contributed by atoms with van der Waals surface area (Å²) in [6.45, 7) is 0. The van der Waals surface area contributed by atoms with Gasteiger partial charge in [-0.15, -0.1) is 0 Å². The van der Waals surface area contributed by atoms with Crippen molar-refractivity contribution >= 4 is 127 Å². The van der Waals surface area contributed by atoms with Crippen LogP contribution in [0.2, 0.25) is 0 Å². The Morgan fingerprint density at radius 2 is 1.25 bits per heavy atom. The molecule has 0 rings (SSSR count). The van der Waals surface area contributed by atoms with Crippen LogP contribution in [0.25, 0.3) is 0 Å². The van der Waals surface area contributed by atoms with E-state index in [2.05, 4.69) is 0 Å². The minimum absolute atomic E-state index is 0. The average molecular weight is 418 g/mol. The molecule has 0 heterocycles. The molecule has 0 atom stereocenters. The number of rotatable bonds is 0. The summed E-state index contributed by atoms with van der Waals surface area (Å²) in [5.74, 6) is 0. The van der Waals surface area contributed by atoms with Crippen LogP contribution in [-0.4, -0.2) is 127 Å². The molecule has 4 heavy (non-hydrogen) atoms. The Morgan fingerprint density at radius 1 is 1.25 bits per heavy atom. The Balaban J connectivity index is -0.00000000500. The number of hydrogen-bond donors (Lipinski definition) is 0. The van der Waals surface area contributed by atoms with Crippen LogP contribution in [0.1, 0.15) is 0 Å². The van der Waals surface area contributed by atoms with E-state index < -0.39 is 0 Å². The van der Waals surface area contributed by atoms with Gasteiger partial charge in [0.15, 0.2) is 0 Å². The van der Waals surface area contributed by atoms with E-state index in [0.717, 1.165) is 0 Å². The molecule has 1 nitrogen and oxygen atoms in total. The van der Waals surface area contributed by atoms with Crippen molar-refractivity contribution in [3.05, 3.63) is 0 Å². The van der Waals surface area contributed by atoms with Gasteiger partial charge in [0.05, 0.1) is 0 Å². The summed E-state index contributed by atoms with van der Waals surface area (Å²) < 4.78 is 8.33. The fourth-order valence-corrected chi connectivity index (χ4v) is 0. The molecular weight excluding hydrogens is 418 g/mol. The maximum Gasteiger partial charge on any atom is 0 e. The van der Waals surface area contributed by atoms with E-state index in [1.165, 1.54) is 0 Å². The van der Waals surface area contributed by atoms with Gasteiger partial charge in [-0.1, -0.05) is 0 Å². The zero-order valence-electron chi connectivity index (χ0n) is 2.82. The van der Waals surface area contributed by atoms with Crippen LogP contribution < -0.4 is 0 Å². The van der Waals surface area contributed by atoms with Crippen LogP contribution in [0.5, 0.6) is 0 Å². The van der Waals surface area contributed by atoms with E-state index in [1.807, 2.05) is 0 Å². The van der Waals surface area contributed by atoms with E-state index in [1.54, 1.807) is 0 Å². The molecule has 14 valence electrons. The first-order valence-electron chi connectivity index (χ1n) is 0.167. The van der Waals surface area contributed by atoms with Crippen molar-refractivity contribution in [3.63, 3.8) is 0 Å². The Kier molecular flexibility index (Phi) is 61.7. The summed E-state index contributed by atoms with van der Waals surface area (Å²) in [6.07, 6.45) is 0. The van der Waals surface area contributed by atoms with Gasteiger partial charge in [-0.3, -0.25) is 0 Å². The Labute approximate surface area is 144 Å². The van der Waals surface area contributed by atoms with Gasteiger partial charge in [-0.05, 0) is 0 Å². The molecule has 0 saturated heterocycles. The molecule has 0 spiro atoms. The standard InChI is InChI=1S/Cs.O.Rb.W. The van der Waals surface area contributed by atoms with Crippen molar-refractivity contribution in [2.45, 2.75) is 0 Å². The zero-order valence-corrected chi connectivity index (χ0v) is 16.9. The van der Waals surface area contributed by atoms with Gasteiger partial charge in [0.2, 0.25) is 0 Å². The molecule has 0 aliphatic rings. The van der Waals surface area contributed by atoms with Crippen LogP contribution in [0.15, 0.2) is 0 Å². The van der Waals surface area contributed by atoms with E-state index >= 15 is 0 Å². The molecule has 0 N–H and O–H groups in total. The largest absolute Gasteiger partial charge is 0 e. The van der Waals surface area contributed by atoms with Crippen LogP contribution >= 0.6 is 0 Å². The molecule has 2 radical (unpaired) electrons. The topological polar surface area (TPSA) is 17.1 Å². The summed E-state index contributed by atoms with van der Waals surface area (Å²) in [5.41, 5.74) is 0. The first kappa shape index (κ1) is 15.8. The van der Waals surface area contributed by atoms with E-state index in [4.69, 9.17) is 3.40 Å². The number of hydrogen-bond acceptors (Lipinski definition) is 1. The fraction of sp³-hybridized carbons (Fsp3) is 0. The second-order valence-corrected chi connectivity index (χ2v) is 0. The molecule has 0 bridgehead atoms. The molecule has 0 aromatic rings. The molecule has 0 aromatic heterocycles. The van der Waals surface area contributed by atoms with E-state index in [-0.39, 0.29) is 127 Å². The molecule has 4 heteroatoms. The Morgan fingerprint density at radius 3 is 1.25 bits per heavy atom. The van der Waals surface area contributed by atoms with Crippen LogP contribution in [0, 0.1) is 0 Å².